The van der Waals surface area contributed by atoms with Gasteiger partial charge in [-0.05, 0) is 12.8 Å². The Hall–Kier alpha value is -0.610. The lowest BCUT2D eigenvalue weighted by molar-refractivity contribution is -0.146. The summed E-state index contributed by atoms with van der Waals surface area (Å²) >= 11 is 0. The van der Waals surface area contributed by atoms with Gasteiger partial charge in [-0.1, -0.05) is 26.7 Å². The number of ether oxygens (including phenoxy) is 1. The van der Waals surface area contributed by atoms with Crippen LogP contribution in [0.15, 0.2) is 0 Å². The van der Waals surface area contributed by atoms with Gasteiger partial charge in [-0.25, -0.2) is 0 Å². The number of esters is 1. The molecule has 0 spiro atoms. The van der Waals surface area contributed by atoms with Gasteiger partial charge in [-0.15, -0.1) is 0 Å². The second-order valence-electron chi connectivity index (χ2n) is 3.80. The van der Waals surface area contributed by atoms with E-state index < -0.39 is 6.23 Å². The monoisotopic (exact) mass is 217 g/mol. The van der Waals surface area contributed by atoms with E-state index in [1.54, 1.807) is 0 Å². The number of rotatable bonds is 8. The van der Waals surface area contributed by atoms with Crippen molar-refractivity contribution in [1.29, 1.82) is 0 Å². The maximum absolute atomic E-state index is 11.2. The molecule has 3 N–H and O–H groups in total. The van der Waals surface area contributed by atoms with Crippen LogP contribution in [0.5, 0.6) is 0 Å². The van der Waals surface area contributed by atoms with Gasteiger partial charge in [0, 0.05) is 12.3 Å². The smallest absolute Gasteiger partial charge is 0.305 e. The molecule has 4 heteroatoms. The van der Waals surface area contributed by atoms with Gasteiger partial charge in [0.2, 0.25) is 0 Å². The predicted molar refractivity (Wildman–Crippen MR) is 59.1 cm³/mol. The van der Waals surface area contributed by atoms with Crippen molar-refractivity contribution in [2.24, 2.45) is 11.7 Å². The Morgan fingerprint density at radius 3 is 2.53 bits per heavy atom. The van der Waals surface area contributed by atoms with Crippen molar-refractivity contribution in [3.63, 3.8) is 0 Å². The Balaban J connectivity index is 3.59. The minimum atomic E-state index is -0.904. The Labute approximate surface area is 91.8 Å². The van der Waals surface area contributed by atoms with E-state index >= 15 is 0 Å². The van der Waals surface area contributed by atoms with E-state index in [1.165, 1.54) is 0 Å². The third kappa shape index (κ3) is 7.33. The molecule has 0 aromatic rings. The highest BCUT2D eigenvalue weighted by Crippen LogP contribution is 2.07. The van der Waals surface area contributed by atoms with Crippen LogP contribution >= 0.6 is 0 Å². The molecule has 0 aromatic carbocycles. The lowest BCUT2D eigenvalue weighted by Gasteiger charge is -2.17. The summed E-state index contributed by atoms with van der Waals surface area (Å²) < 4.78 is 5.02. The second kappa shape index (κ2) is 8.68. The number of nitrogens with two attached hydrogens (primary N) is 1. The fourth-order valence-electron chi connectivity index (χ4n) is 1.25. The zero-order valence-electron chi connectivity index (χ0n) is 9.74. The predicted octanol–water partition coefficient (Wildman–Crippen LogP) is 1.41. The van der Waals surface area contributed by atoms with Crippen molar-refractivity contribution in [2.45, 2.75) is 52.2 Å². The molecular formula is C11H23NO3. The summed E-state index contributed by atoms with van der Waals surface area (Å²) in [4.78, 5) is 11.2. The Morgan fingerprint density at radius 2 is 2.07 bits per heavy atom. The molecule has 0 fully saturated rings. The molecule has 0 radical (unpaired) electrons. The molecule has 90 valence electrons. The molecule has 0 heterocycles. The molecule has 0 amide bonds. The van der Waals surface area contributed by atoms with Crippen LogP contribution in [-0.2, 0) is 9.53 Å². The number of carbonyl (C=O) groups excluding carboxylic acids is 1. The van der Waals surface area contributed by atoms with Crippen LogP contribution in [0, 0.1) is 5.92 Å². The lowest BCUT2D eigenvalue weighted by atomic mass is 10.1. The van der Waals surface area contributed by atoms with E-state index in [0.29, 0.717) is 12.8 Å². The van der Waals surface area contributed by atoms with Crippen molar-refractivity contribution >= 4 is 5.97 Å². The fraction of sp³-hybridized carbons (Fsp3) is 0.909. The summed E-state index contributed by atoms with van der Waals surface area (Å²) in [5.41, 5.74) is 5.32. The first-order chi connectivity index (χ1) is 7.11. The number of aliphatic hydroxyl groups excluding tert-OH is 1. The van der Waals surface area contributed by atoms with Crippen LogP contribution < -0.4 is 5.73 Å². The third-order valence-corrected chi connectivity index (χ3v) is 2.45. The summed E-state index contributed by atoms with van der Waals surface area (Å²) in [5.74, 6) is -0.345. The van der Waals surface area contributed by atoms with E-state index in [1.807, 2.05) is 6.92 Å². The van der Waals surface area contributed by atoms with Crippen LogP contribution in [0.4, 0.5) is 0 Å². The highest BCUT2D eigenvalue weighted by molar-refractivity contribution is 5.69. The molecule has 4 nitrogen and oxygen atoms in total. The van der Waals surface area contributed by atoms with E-state index in [4.69, 9.17) is 15.6 Å². The summed E-state index contributed by atoms with van der Waals surface area (Å²) in [6.45, 7) is 4.22. The van der Waals surface area contributed by atoms with Crippen molar-refractivity contribution in [2.75, 3.05) is 6.61 Å². The van der Waals surface area contributed by atoms with Gasteiger partial charge >= 0.3 is 5.97 Å². The zero-order valence-corrected chi connectivity index (χ0v) is 9.74. The summed E-state index contributed by atoms with van der Waals surface area (Å²) in [6, 6.07) is 0. The highest BCUT2D eigenvalue weighted by atomic mass is 16.5. The van der Waals surface area contributed by atoms with E-state index in [-0.39, 0.29) is 18.5 Å². The van der Waals surface area contributed by atoms with Gasteiger partial charge in [0.25, 0.3) is 0 Å². The van der Waals surface area contributed by atoms with Crippen LogP contribution in [0.1, 0.15) is 46.0 Å². The molecule has 0 aliphatic heterocycles. The van der Waals surface area contributed by atoms with Gasteiger partial charge < -0.3 is 15.6 Å². The van der Waals surface area contributed by atoms with Crippen molar-refractivity contribution < 1.29 is 14.6 Å². The molecule has 0 aromatic heterocycles. The Kier molecular flexibility index (Phi) is 8.33. The van der Waals surface area contributed by atoms with Gasteiger partial charge in [-0.2, -0.15) is 0 Å². The molecule has 15 heavy (non-hydrogen) atoms. The maximum atomic E-state index is 11.2. The van der Waals surface area contributed by atoms with E-state index in [0.717, 1.165) is 19.3 Å². The molecular weight excluding hydrogens is 194 g/mol. The number of carbonyl (C=O) groups is 1. The summed E-state index contributed by atoms with van der Waals surface area (Å²) in [6.07, 6.45) is 3.28. The quantitative estimate of drug-likeness (QED) is 0.366. The summed E-state index contributed by atoms with van der Waals surface area (Å²) in [7, 11) is 0. The minimum absolute atomic E-state index is 0.153. The number of unbranched alkanes of at least 4 members (excludes halogenated alkanes) is 2. The zero-order chi connectivity index (χ0) is 11.7. The van der Waals surface area contributed by atoms with Crippen molar-refractivity contribution in [3.8, 4) is 0 Å². The number of hydrogen-bond acceptors (Lipinski definition) is 4. The highest BCUT2D eigenvalue weighted by Gasteiger charge is 2.15. The Morgan fingerprint density at radius 1 is 1.40 bits per heavy atom. The molecule has 2 unspecified atom stereocenters. The normalized spacial score (nSPS) is 14.7. The molecule has 0 aliphatic carbocycles. The van der Waals surface area contributed by atoms with Crippen LogP contribution in [0.2, 0.25) is 0 Å². The van der Waals surface area contributed by atoms with Crippen LogP contribution in [0.25, 0.3) is 0 Å². The van der Waals surface area contributed by atoms with Gasteiger partial charge in [0.15, 0.2) is 0 Å². The average Bonchev–Trinajstić information content (AvgIpc) is 2.18. The fourth-order valence-corrected chi connectivity index (χ4v) is 1.25. The Bertz CT molecular complexity index is 171. The SMILES string of the molecule is CCCCCC(=O)OCC(CC)C(N)O. The largest absolute Gasteiger partial charge is 0.465 e. The van der Waals surface area contributed by atoms with E-state index in [2.05, 4.69) is 6.92 Å². The minimum Gasteiger partial charge on any atom is -0.465 e. The maximum Gasteiger partial charge on any atom is 0.305 e. The molecule has 0 saturated heterocycles. The molecule has 0 aliphatic rings. The molecule has 0 saturated carbocycles. The van der Waals surface area contributed by atoms with Crippen LogP contribution in [0.3, 0.4) is 0 Å². The van der Waals surface area contributed by atoms with Crippen molar-refractivity contribution in [1.82, 2.24) is 0 Å². The molecule has 0 rings (SSSR count). The number of hydrogen-bond donors (Lipinski definition) is 2. The number of aliphatic hydroxyl groups is 1. The standard InChI is InChI=1S/C11H23NO3/c1-3-5-6-7-10(13)15-8-9(4-2)11(12)14/h9,11,14H,3-8,12H2,1-2H3. The van der Waals surface area contributed by atoms with Crippen molar-refractivity contribution in [3.05, 3.63) is 0 Å². The topological polar surface area (TPSA) is 72.5 Å². The first-order valence-electron chi connectivity index (χ1n) is 5.71. The molecule has 0 bridgehead atoms. The third-order valence-electron chi connectivity index (χ3n) is 2.45. The first kappa shape index (κ1) is 14.4. The average molecular weight is 217 g/mol. The van der Waals surface area contributed by atoms with Crippen LogP contribution in [-0.4, -0.2) is 23.9 Å². The summed E-state index contributed by atoms with van der Waals surface area (Å²) in [5, 5.41) is 9.13. The van der Waals surface area contributed by atoms with E-state index in [9.17, 15) is 4.79 Å². The first-order valence-corrected chi connectivity index (χ1v) is 5.71. The second-order valence-corrected chi connectivity index (χ2v) is 3.80. The van der Waals surface area contributed by atoms with Gasteiger partial charge in [0.1, 0.15) is 6.23 Å². The molecule has 2 atom stereocenters. The van der Waals surface area contributed by atoms with Gasteiger partial charge in [-0.3, -0.25) is 4.79 Å². The lowest BCUT2D eigenvalue weighted by Crippen LogP contribution is -2.33. The van der Waals surface area contributed by atoms with Gasteiger partial charge in [0.05, 0.1) is 6.61 Å².